The summed E-state index contributed by atoms with van der Waals surface area (Å²) < 4.78 is 31.5. The first-order valence-electron chi connectivity index (χ1n) is 6.68. The van der Waals surface area contributed by atoms with Gasteiger partial charge in [-0.1, -0.05) is 11.6 Å². The van der Waals surface area contributed by atoms with E-state index in [2.05, 4.69) is 5.32 Å². The van der Waals surface area contributed by atoms with Gasteiger partial charge in [0.25, 0.3) is 0 Å². The molecule has 2 aromatic rings. The van der Waals surface area contributed by atoms with Crippen LogP contribution in [0.5, 0.6) is 5.75 Å². The zero-order valence-corrected chi connectivity index (χ0v) is 12.4. The summed E-state index contributed by atoms with van der Waals surface area (Å²) in [5.41, 5.74) is -0.0370. The average molecular weight is 326 g/mol. The van der Waals surface area contributed by atoms with Crippen molar-refractivity contribution in [2.24, 2.45) is 0 Å². The van der Waals surface area contributed by atoms with E-state index in [0.717, 1.165) is 12.1 Å². The Balaban J connectivity index is 1.72. The van der Waals surface area contributed by atoms with E-state index in [1.54, 1.807) is 24.3 Å². The van der Waals surface area contributed by atoms with Crippen LogP contribution in [0, 0.1) is 11.6 Å². The van der Waals surface area contributed by atoms with Gasteiger partial charge in [0.15, 0.2) is 0 Å². The molecule has 3 nitrogen and oxygen atoms in total. The molecule has 1 amide bonds. The third kappa shape index (κ3) is 5.00. The fraction of sp³-hybridized carbons (Fsp3) is 0.188. The molecule has 0 saturated carbocycles. The molecule has 2 rings (SSSR count). The maximum atomic E-state index is 13.4. The van der Waals surface area contributed by atoms with Gasteiger partial charge >= 0.3 is 0 Å². The van der Waals surface area contributed by atoms with Gasteiger partial charge in [0.1, 0.15) is 17.4 Å². The first-order valence-corrected chi connectivity index (χ1v) is 7.05. The molecule has 0 fully saturated rings. The van der Waals surface area contributed by atoms with Crippen LogP contribution in [0.25, 0.3) is 0 Å². The van der Waals surface area contributed by atoms with Crippen LogP contribution in [0.2, 0.25) is 5.02 Å². The third-order valence-corrected chi connectivity index (χ3v) is 3.09. The molecule has 0 aliphatic heterocycles. The lowest BCUT2D eigenvalue weighted by Gasteiger charge is -2.08. The van der Waals surface area contributed by atoms with Gasteiger partial charge in [-0.15, -0.1) is 0 Å². The zero-order chi connectivity index (χ0) is 15.9. The van der Waals surface area contributed by atoms with Gasteiger partial charge in [-0.3, -0.25) is 4.79 Å². The Hall–Kier alpha value is -2.14. The number of amides is 1. The lowest BCUT2D eigenvalue weighted by atomic mass is 10.2. The van der Waals surface area contributed by atoms with Crippen LogP contribution < -0.4 is 10.1 Å². The van der Waals surface area contributed by atoms with Gasteiger partial charge in [0.2, 0.25) is 5.91 Å². The monoisotopic (exact) mass is 325 g/mol. The van der Waals surface area contributed by atoms with Crippen LogP contribution in [0.3, 0.4) is 0 Å². The zero-order valence-electron chi connectivity index (χ0n) is 11.6. The number of halogens is 3. The smallest absolute Gasteiger partial charge is 0.224 e. The summed E-state index contributed by atoms with van der Waals surface area (Å²) in [4.78, 5) is 11.7. The fourth-order valence-corrected chi connectivity index (χ4v) is 1.88. The van der Waals surface area contributed by atoms with Crippen molar-refractivity contribution in [2.75, 3.05) is 11.9 Å². The number of rotatable bonds is 6. The highest BCUT2D eigenvalue weighted by atomic mass is 35.5. The first-order chi connectivity index (χ1) is 10.5. The highest BCUT2D eigenvalue weighted by molar-refractivity contribution is 6.30. The minimum absolute atomic E-state index is 0.0370. The molecule has 0 unspecified atom stereocenters. The van der Waals surface area contributed by atoms with Gasteiger partial charge in [0.05, 0.1) is 12.3 Å². The molecule has 0 bridgehead atoms. The van der Waals surface area contributed by atoms with Gasteiger partial charge < -0.3 is 10.1 Å². The Bertz CT molecular complexity index is 647. The van der Waals surface area contributed by atoms with Gasteiger partial charge in [-0.05, 0) is 42.8 Å². The third-order valence-electron chi connectivity index (χ3n) is 2.84. The molecule has 0 atom stereocenters. The molecule has 0 aromatic heterocycles. The topological polar surface area (TPSA) is 38.3 Å². The highest BCUT2D eigenvalue weighted by Crippen LogP contribution is 2.17. The summed E-state index contributed by atoms with van der Waals surface area (Å²) in [7, 11) is 0. The van der Waals surface area contributed by atoms with Crippen molar-refractivity contribution in [2.45, 2.75) is 12.8 Å². The SMILES string of the molecule is O=C(CCCOc1ccc(Cl)cc1)Nc1ccc(F)cc1F. The van der Waals surface area contributed by atoms with Crippen LogP contribution in [-0.2, 0) is 4.79 Å². The van der Waals surface area contributed by atoms with Gasteiger partial charge in [-0.25, -0.2) is 8.78 Å². The van der Waals surface area contributed by atoms with E-state index in [1.165, 1.54) is 6.07 Å². The molecular formula is C16H14ClF2NO2. The summed E-state index contributed by atoms with van der Waals surface area (Å²) in [5.74, 6) is -1.18. The number of carbonyl (C=O) groups is 1. The molecule has 116 valence electrons. The molecule has 0 aliphatic carbocycles. The number of hydrogen-bond acceptors (Lipinski definition) is 2. The fourth-order valence-electron chi connectivity index (χ4n) is 1.76. The molecule has 2 aromatic carbocycles. The van der Waals surface area contributed by atoms with E-state index in [9.17, 15) is 13.6 Å². The predicted octanol–water partition coefficient (Wildman–Crippen LogP) is 4.42. The number of anilines is 1. The molecule has 0 aliphatic rings. The minimum atomic E-state index is -0.800. The molecule has 0 spiro atoms. The van der Waals surface area contributed by atoms with E-state index in [4.69, 9.17) is 16.3 Å². The molecule has 6 heteroatoms. The second-order valence-electron chi connectivity index (χ2n) is 4.58. The average Bonchev–Trinajstić information content (AvgIpc) is 2.48. The summed E-state index contributed by atoms with van der Waals surface area (Å²) in [6, 6.07) is 9.88. The maximum Gasteiger partial charge on any atom is 0.224 e. The number of carbonyl (C=O) groups excluding carboxylic acids is 1. The summed E-state index contributed by atoms with van der Waals surface area (Å²) in [6.07, 6.45) is 0.641. The predicted molar refractivity (Wildman–Crippen MR) is 81.2 cm³/mol. The van der Waals surface area contributed by atoms with Crippen molar-refractivity contribution in [3.63, 3.8) is 0 Å². The second-order valence-corrected chi connectivity index (χ2v) is 5.01. The first kappa shape index (κ1) is 16.2. The summed E-state index contributed by atoms with van der Waals surface area (Å²) in [5, 5.41) is 3.01. The van der Waals surface area contributed by atoms with E-state index < -0.39 is 11.6 Å². The van der Waals surface area contributed by atoms with Crippen molar-refractivity contribution < 1.29 is 18.3 Å². The Morgan fingerprint density at radius 3 is 2.55 bits per heavy atom. The van der Waals surface area contributed by atoms with Crippen molar-refractivity contribution in [1.82, 2.24) is 0 Å². The second kappa shape index (κ2) is 7.75. The highest BCUT2D eigenvalue weighted by Gasteiger charge is 2.08. The molecule has 0 saturated heterocycles. The summed E-state index contributed by atoms with van der Waals surface area (Å²) in [6.45, 7) is 0.348. The normalized spacial score (nSPS) is 10.3. The number of hydrogen-bond donors (Lipinski definition) is 1. The van der Waals surface area contributed by atoms with Crippen LogP contribution in [-0.4, -0.2) is 12.5 Å². The van der Waals surface area contributed by atoms with Gasteiger partial charge in [0, 0.05) is 17.5 Å². The molecule has 1 N–H and O–H groups in total. The van der Waals surface area contributed by atoms with Crippen molar-refractivity contribution >= 4 is 23.2 Å². The quantitative estimate of drug-likeness (QED) is 0.799. The van der Waals surface area contributed by atoms with Crippen molar-refractivity contribution in [3.8, 4) is 5.75 Å². The van der Waals surface area contributed by atoms with Crippen LogP contribution >= 0.6 is 11.6 Å². The van der Waals surface area contributed by atoms with E-state index in [-0.39, 0.29) is 18.0 Å². The lowest BCUT2D eigenvalue weighted by Crippen LogP contribution is -2.13. The Kier molecular flexibility index (Phi) is 5.72. The Morgan fingerprint density at radius 1 is 1.14 bits per heavy atom. The van der Waals surface area contributed by atoms with E-state index in [0.29, 0.717) is 23.8 Å². The number of ether oxygens (including phenoxy) is 1. The molecule has 0 radical (unpaired) electrons. The maximum absolute atomic E-state index is 13.4. The van der Waals surface area contributed by atoms with E-state index >= 15 is 0 Å². The lowest BCUT2D eigenvalue weighted by molar-refractivity contribution is -0.116. The molecule has 0 heterocycles. The number of benzene rings is 2. The molecule has 22 heavy (non-hydrogen) atoms. The standard InChI is InChI=1S/C16H14ClF2NO2/c17-11-3-6-13(7-4-11)22-9-1-2-16(21)20-15-8-5-12(18)10-14(15)19/h3-8,10H,1-2,9H2,(H,20,21). The Morgan fingerprint density at radius 2 is 1.86 bits per heavy atom. The van der Waals surface area contributed by atoms with Gasteiger partial charge in [-0.2, -0.15) is 0 Å². The summed E-state index contributed by atoms with van der Waals surface area (Å²) >= 11 is 5.75. The van der Waals surface area contributed by atoms with Crippen LogP contribution in [0.4, 0.5) is 14.5 Å². The largest absolute Gasteiger partial charge is 0.494 e. The van der Waals surface area contributed by atoms with E-state index in [1.807, 2.05) is 0 Å². The van der Waals surface area contributed by atoms with Crippen molar-refractivity contribution in [1.29, 1.82) is 0 Å². The van der Waals surface area contributed by atoms with Crippen LogP contribution in [0.15, 0.2) is 42.5 Å². The number of nitrogens with one attached hydrogen (secondary N) is 1. The molecular weight excluding hydrogens is 312 g/mol. The minimum Gasteiger partial charge on any atom is -0.494 e. The van der Waals surface area contributed by atoms with Crippen LogP contribution in [0.1, 0.15) is 12.8 Å². The Labute approximate surface area is 131 Å². The van der Waals surface area contributed by atoms with Crippen molar-refractivity contribution in [3.05, 3.63) is 59.1 Å².